The van der Waals surface area contributed by atoms with Crippen molar-refractivity contribution in [2.24, 2.45) is 0 Å². The topological polar surface area (TPSA) is 49.6 Å². The summed E-state index contributed by atoms with van der Waals surface area (Å²) in [6, 6.07) is 2.09. The van der Waals surface area contributed by atoms with Crippen molar-refractivity contribution in [1.29, 1.82) is 5.26 Å². The first-order valence-electron chi connectivity index (χ1n) is 4.19. The lowest BCUT2D eigenvalue weighted by molar-refractivity contribution is 0.886. The average molecular weight is 238 g/mol. The smallest absolute Gasteiger partial charge is 0.131 e. The summed E-state index contributed by atoms with van der Waals surface area (Å²) in [5, 5.41) is 8.56. The molecule has 1 aromatic rings. The summed E-state index contributed by atoms with van der Waals surface area (Å²) in [6.07, 6.45) is 4.47. The van der Waals surface area contributed by atoms with E-state index in [4.69, 9.17) is 5.26 Å². The van der Waals surface area contributed by atoms with Crippen molar-refractivity contribution >= 4 is 15.9 Å². The second-order valence-electron chi connectivity index (χ2n) is 3.13. The average Bonchev–Trinajstić information content (AvgIpc) is 2.92. The van der Waals surface area contributed by atoms with Gasteiger partial charge in [0, 0.05) is 12.1 Å². The molecule has 1 aliphatic rings. The lowest BCUT2D eigenvalue weighted by atomic mass is 10.3. The Bertz CT molecular complexity index is 366. The Balaban J connectivity index is 2.31. The van der Waals surface area contributed by atoms with Crippen LogP contribution in [0.3, 0.4) is 0 Å². The van der Waals surface area contributed by atoms with Gasteiger partial charge in [-0.1, -0.05) is 0 Å². The minimum absolute atomic E-state index is 0.350. The van der Waals surface area contributed by atoms with Crippen molar-refractivity contribution in [2.45, 2.75) is 25.2 Å². The minimum atomic E-state index is 0.350. The highest BCUT2D eigenvalue weighted by Crippen LogP contribution is 2.38. The lowest BCUT2D eigenvalue weighted by Crippen LogP contribution is -1.98. The highest BCUT2D eigenvalue weighted by atomic mass is 79.9. The maximum absolute atomic E-state index is 8.56. The van der Waals surface area contributed by atoms with Crippen LogP contribution in [0, 0.1) is 11.3 Å². The van der Waals surface area contributed by atoms with Crippen LogP contribution in [0.25, 0.3) is 0 Å². The van der Waals surface area contributed by atoms with E-state index in [0.29, 0.717) is 12.3 Å². The molecule has 0 spiro atoms. The van der Waals surface area contributed by atoms with Gasteiger partial charge in [0.05, 0.1) is 22.7 Å². The molecule has 0 amide bonds. The molecule has 1 aromatic heterocycles. The zero-order valence-electron chi connectivity index (χ0n) is 7.00. The molecule has 0 aliphatic heterocycles. The van der Waals surface area contributed by atoms with Crippen molar-refractivity contribution in [3.05, 3.63) is 22.2 Å². The van der Waals surface area contributed by atoms with E-state index in [1.807, 2.05) is 0 Å². The molecule has 1 aliphatic carbocycles. The third-order valence-corrected chi connectivity index (χ3v) is 2.69. The van der Waals surface area contributed by atoms with Crippen LogP contribution < -0.4 is 0 Å². The van der Waals surface area contributed by atoms with Gasteiger partial charge in [0.1, 0.15) is 5.82 Å². The highest BCUT2D eigenvalue weighted by Gasteiger charge is 2.26. The zero-order valence-corrected chi connectivity index (χ0v) is 8.58. The van der Waals surface area contributed by atoms with E-state index in [0.717, 1.165) is 16.0 Å². The zero-order chi connectivity index (χ0) is 9.26. The maximum Gasteiger partial charge on any atom is 0.131 e. The SMILES string of the molecule is N#CCc1nc(C2CC2)ncc1Br. The molecule has 0 aromatic carbocycles. The first-order valence-corrected chi connectivity index (χ1v) is 4.99. The van der Waals surface area contributed by atoms with Crippen molar-refractivity contribution in [3.63, 3.8) is 0 Å². The predicted octanol–water partition coefficient (Wildman–Crippen LogP) is 2.18. The Morgan fingerprint density at radius 3 is 3.00 bits per heavy atom. The molecule has 1 heterocycles. The summed E-state index contributed by atoms with van der Waals surface area (Å²) in [4.78, 5) is 8.56. The highest BCUT2D eigenvalue weighted by molar-refractivity contribution is 9.10. The van der Waals surface area contributed by atoms with Gasteiger partial charge in [-0.15, -0.1) is 0 Å². The second-order valence-corrected chi connectivity index (χ2v) is 3.99. The number of rotatable bonds is 2. The molecule has 0 bridgehead atoms. The largest absolute Gasteiger partial charge is 0.240 e. The Morgan fingerprint density at radius 2 is 2.38 bits per heavy atom. The third-order valence-electron chi connectivity index (χ3n) is 2.02. The number of hydrogen-bond donors (Lipinski definition) is 0. The molecule has 1 saturated carbocycles. The summed E-state index contributed by atoms with van der Waals surface area (Å²) >= 11 is 3.32. The fourth-order valence-corrected chi connectivity index (χ4v) is 1.49. The molecule has 13 heavy (non-hydrogen) atoms. The van der Waals surface area contributed by atoms with Gasteiger partial charge in [-0.05, 0) is 28.8 Å². The Hall–Kier alpha value is -0.950. The number of aromatic nitrogens is 2. The summed E-state index contributed by atoms with van der Waals surface area (Å²) < 4.78 is 0.832. The van der Waals surface area contributed by atoms with Gasteiger partial charge in [0.15, 0.2) is 0 Å². The minimum Gasteiger partial charge on any atom is -0.240 e. The molecule has 4 heteroatoms. The van der Waals surface area contributed by atoms with Crippen LogP contribution in [0.4, 0.5) is 0 Å². The number of nitrogens with zero attached hydrogens (tertiary/aromatic N) is 3. The van der Waals surface area contributed by atoms with E-state index in [2.05, 4.69) is 32.0 Å². The first kappa shape index (κ1) is 8.64. The van der Waals surface area contributed by atoms with Crippen molar-refractivity contribution in [1.82, 2.24) is 9.97 Å². The molecule has 0 saturated heterocycles. The Kier molecular flexibility index (Phi) is 2.28. The maximum atomic E-state index is 8.56. The normalized spacial score (nSPS) is 15.4. The van der Waals surface area contributed by atoms with Gasteiger partial charge in [-0.2, -0.15) is 5.26 Å². The summed E-state index contributed by atoms with van der Waals surface area (Å²) in [7, 11) is 0. The fraction of sp³-hybridized carbons (Fsp3) is 0.444. The lowest BCUT2D eigenvalue weighted by Gasteiger charge is -2.01. The van der Waals surface area contributed by atoms with Crippen LogP contribution in [-0.4, -0.2) is 9.97 Å². The van der Waals surface area contributed by atoms with Gasteiger partial charge >= 0.3 is 0 Å². The van der Waals surface area contributed by atoms with E-state index in [9.17, 15) is 0 Å². The monoisotopic (exact) mass is 237 g/mol. The van der Waals surface area contributed by atoms with Crippen molar-refractivity contribution in [3.8, 4) is 6.07 Å². The molecule has 0 atom stereocenters. The van der Waals surface area contributed by atoms with Crippen LogP contribution >= 0.6 is 15.9 Å². The predicted molar refractivity (Wildman–Crippen MR) is 51.0 cm³/mol. The van der Waals surface area contributed by atoms with Gasteiger partial charge in [-0.3, -0.25) is 0 Å². The molecule has 0 N–H and O–H groups in total. The van der Waals surface area contributed by atoms with Gasteiger partial charge in [0.2, 0.25) is 0 Å². The van der Waals surface area contributed by atoms with Crippen LogP contribution in [0.1, 0.15) is 30.3 Å². The van der Waals surface area contributed by atoms with E-state index in [-0.39, 0.29) is 0 Å². The van der Waals surface area contributed by atoms with E-state index in [1.54, 1.807) is 6.20 Å². The van der Waals surface area contributed by atoms with Crippen molar-refractivity contribution < 1.29 is 0 Å². The standard InChI is InChI=1S/C9H8BrN3/c10-7-5-12-9(6-1-2-6)13-8(7)3-4-11/h5-6H,1-3H2. The number of halogens is 1. The molecule has 0 unspecified atom stereocenters. The third kappa shape index (κ3) is 1.86. The summed E-state index contributed by atoms with van der Waals surface area (Å²) in [5.74, 6) is 1.44. The van der Waals surface area contributed by atoms with Crippen LogP contribution in [0.2, 0.25) is 0 Å². The summed E-state index contributed by atoms with van der Waals surface area (Å²) in [5.41, 5.74) is 0.805. The molecule has 1 fully saturated rings. The molecular formula is C9H8BrN3. The molecule has 3 nitrogen and oxygen atoms in total. The Morgan fingerprint density at radius 1 is 1.62 bits per heavy atom. The molecule has 0 radical (unpaired) electrons. The van der Waals surface area contributed by atoms with Crippen LogP contribution in [0.15, 0.2) is 10.7 Å². The van der Waals surface area contributed by atoms with Crippen molar-refractivity contribution in [2.75, 3.05) is 0 Å². The number of nitriles is 1. The molecule has 2 rings (SSSR count). The quantitative estimate of drug-likeness (QED) is 0.793. The first-order chi connectivity index (χ1) is 6.31. The van der Waals surface area contributed by atoms with E-state index < -0.39 is 0 Å². The second kappa shape index (κ2) is 3.43. The van der Waals surface area contributed by atoms with Crippen LogP contribution in [0.5, 0.6) is 0 Å². The van der Waals surface area contributed by atoms with Gasteiger partial charge < -0.3 is 0 Å². The molecular weight excluding hydrogens is 230 g/mol. The fourth-order valence-electron chi connectivity index (χ4n) is 1.15. The van der Waals surface area contributed by atoms with Gasteiger partial charge in [-0.25, -0.2) is 9.97 Å². The Labute approximate surface area is 84.9 Å². The van der Waals surface area contributed by atoms with Crippen LogP contribution in [-0.2, 0) is 6.42 Å². The van der Waals surface area contributed by atoms with Gasteiger partial charge in [0.25, 0.3) is 0 Å². The van der Waals surface area contributed by atoms with E-state index in [1.165, 1.54) is 12.8 Å². The summed E-state index contributed by atoms with van der Waals surface area (Å²) in [6.45, 7) is 0. The number of hydrogen-bond acceptors (Lipinski definition) is 3. The molecule has 66 valence electrons. The van der Waals surface area contributed by atoms with E-state index >= 15 is 0 Å².